The lowest BCUT2D eigenvalue weighted by atomic mass is 9.89. The first-order chi connectivity index (χ1) is 17.4. The summed E-state index contributed by atoms with van der Waals surface area (Å²) in [4.78, 5) is 25.3. The number of carbonyl (C=O) groups is 1. The Morgan fingerprint density at radius 3 is 2.67 bits per heavy atom. The number of aromatic nitrogens is 2. The number of thioether (sulfide) groups is 1. The molecule has 8 heteroatoms. The number of halogens is 1. The molecule has 2 aromatic carbocycles. The quantitative estimate of drug-likeness (QED) is 0.433. The average molecular weight is 522 g/mol. The molecule has 1 saturated carbocycles. The van der Waals surface area contributed by atoms with Gasteiger partial charge in [-0.25, -0.2) is 4.98 Å². The van der Waals surface area contributed by atoms with Gasteiger partial charge in [0, 0.05) is 29.1 Å². The standard InChI is InChI=1S/C28H32ClN5OS/c1-28(29)22-8-3-4-9-24(22)36-26(28)27(35)34(21-12-10-20(31-2)11-13-21)17-18-6-5-7-19(14-18)23-15-32-16-25(30)33-23/h3-9,14-16,20-21,26,31H,10-13,17H2,1-2H3,(H2,30,33). The van der Waals surface area contributed by atoms with E-state index >= 15 is 0 Å². The number of alkyl halides is 1. The van der Waals surface area contributed by atoms with Gasteiger partial charge < -0.3 is 16.0 Å². The van der Waals surface area contributed by atoms with Gasteiger partial charge in [-0.1, -0.05) is 36.4 Å². The van der Waals surface area contributed by atoms with E-state index in [2.05, 4.69) is 38.4 Å². The fourth-order valence-electron chi connectivity index (χ4n) is 5.39. The summed E-state index contributed by atoms with van der Waals surface area (Å²) in [7, 11) is 2.02. The lowest BCUT2D eigenvalue weighted by molar-refractivity contribution is -0.135. The summed E-state index contributed by atoms with van der Waals surface area (Å²) in [6.45, 7) is 2.50. The van der Waals surface area contributed by atoms with Crippen LogP contribution in [0.5, 0.6) is 0 Å². The summed E-state index contributed by atoms with van der Waals surface area (Å²) >= 11 is 8.70. The zero-order valence-corrected chi connectivity index (χ0v) is 22.2. The van der Waals surface area contributed by atoms with Crippen LogP contribution in [0.3, 0.4) is 0 Å². The van der Waals surface area contributed by atoms with Crippen LogP contribution >= 0.6 is 23.4 Å². The van der Waals surface area contributed by atoms with Crippen molar-refractivity contribution in [2.45, 2.75) is 66.3 Å². The highest BCUT2D eigenvalue weighted by molar-refractivity contribution is 8.01. The van der Waals surface area contributed by atoms with E-state index in [1.807, 2.05) is 44.3 Å². The average Bonchev–Trinajstić information content (AvgIpc) is 3.17. The van der Waals surface area contributed by atoms with Crippen LogP contribution in [0.2, 0.25) is 0 Å². The molecule has 0 spiro atoms. The van der Waals surface area contributed by atoms with Crippen molar-refractivity contribution in [2.24, 2.45) is 0 Å². The predicted octanol–water partition coefficient (Wildman–Crippen LogP) is 5.21. The maximum absolute atomic E-state index is 14.3. The number of nitrogen functional groups attached to an aromatic ring is 1. The van der Waals surface area contributed by atoms with Gasteiger partial charge in [0.2, 0.25) is 5.91 Å². The van der Waals surface area contributed by atoms with Crippen LogP contribution in [0.1, 0.15) is 43.7 Å². The van der Waals surface area contributed by atoms with Crippen LogP contribution in [-0.4, -0.2) is 45.2 Å². The van der Waals surface area contributed by atoms with Gasteiger partial charge in [-0.15, -0.1) is 23.4 Å². The Bertz CT molecular complexity index is 1240. The van der Waals surface area contributed by atoms with E-state index in [4.69, 9.17) is 17.3 Å². The Labute approximate surface area is 222 Å². The number of fused-ring (bicyclic) bond motifs is 1. The topological polar surface area (TPSA) is 84.1 Å². The minimum Gasteiger partial charge on any atom is -0.382 e. The highest BCUT2D eigenvalue weighted by atomic mass is 35.5. The molecule has 188 valence electrons. The molecular weight excluding hydrogens is 490 g/mol. The van der Waals surface area contributed by atoms with E-state index in [9.17, 15) is 4.79 Å². The smallest absolute Gasteiger partial charge is 0.238 e. The number of nitrogens with two attached hydrogens (primary N) is 1. The van der Waals surface area contributed by atoms with Crippen molar-refractivity contribution < 1.29 is 4.79 Å². The number of amides is 1. The third-order valence-corrected chi connectivity index (χ3v) is 9.50. The molecule has 1 aromatic heterocycles. The second-order valence-electron chi connectivity index (χ2n) is 9.86. The van der Waals surface area contributed by atoms with Crippen LogP contribution in [0, 0.1) is 0 Å². The van der Waals surface area contributed by atoms with E-state index in [1.165, 1.54) is 6.20 Å². The molecule has 2 aliphatic rings. The van der Waals surface area contributed by atoms with Crippen molar-refractivity contribution in [1.29, 1.82) is 0 Å². The van der Waals surface area contributed by atoms with Crippen LogP contribution in [0.25, 0.3) is 11.3 Å². The zero-order valence-electron chi connectivity index (χ0n) is 20.7. The highest BCUT2D eigenvalue weighted by Gasteiger charge is 2.49. The van der Waals surface area contributed by atoms with E-state index in [1.54, 1.807) is 18.0 Å². The third kappa shape index (κ3) is 4.97. The monoisotopic (exact) mass is 521 g/mol. The molecule has 5 rings (SSSR count). The lowest BCUT2D eigenvalue weighted by Crippen LogP contribution is -2.49. The van der Waals surface area contributed by atoms with Crippen LogP contribution in [0.15, 0.2) is 65.8 Å². The summed E-state index contributed by atoms with van der Waals surface area (Å²) in [6, 6.07) is 16.9. The molecule has 0 radical (unpaired) electrons. The Hall–Kier alpha value is -2.61. The second-order valence-corrected chi connectivity index (χ2v) is 11.8. The fraction of sp³-hybridized carbons (Fsp3) is 0.393. The molecule has 36 heavy (non-hydrogen) atoms. The zero-order chi connectivity index (χ0) is 25.3. The third-order valence-electron chi connectivity index (χ3n) is 7.43. The maximum Gasteiger partial charge on any atom is 0.238 e. The largest absolute Gasteiger partial charge is 0.382 e. The molecule has 6 nitrogen and oxygen atoms in total. The van der Waals surface area contributed by atoms with Gasteiger partial charge in [0.1, 0.15) is 11.1 Å². The van der Waals surface area contributed by atoms with E-state index in [-0.39, 0.29) is 17.2 Å². The van der Waals surface area contributed by atoms with Crippen molar-refractivity contribution in [3.05, 3.63) is 72.1 Å². The number of rotatable bonds is 6. The Morgan fingerprint density at radius 1 is 1.17 bits per heavy atom. The molecule has 0 bridgehead atoms. The maximum atomic E-state index is 14.3. The summed E-state index contributed by atoms with van der Waals surface area (Å²) in [5.74, 6) is 0.492. The molecule has 1 amide bonds. The van der Waals surface area contributed by atoms with Crippen molar-refractivity contribution >= 4 is 35.1 Å². The summed E-state index contributed by atoms with van der Waals surface area (Å²) in [5, 5.41) is 3.03. The van der Waals surface area contributed by atoms with E-state index in [0.717, 1.165) is 53.0 Å². The number of carbonyl (C=O) groups excluding carboxylic acids is 1. The predicted molar refractivity (Wildman–Crippen MR) is 147 cm³/mol. The van der Waals surface area contributed by atoms with Crippen LogP contribution in [-0.2, 0) is 16.2 Å². The van der Waals surface area contributed by atoms with Crippen LogP contribution in [0.4, 0.5) is 5.82 Å². The Balaban J connectivity index is 1.44. The summed E-state index contributed by atoms with van der Waals surface area (Å²) in [6.07, 6.45) is 7.31. The van der Waals surface area contributed by atoms with Crippen molar-refractivity contribution in [2.75, 3.05) is 12.8 Å². The molecule has 0 saturated heterocycles. The first-order valence-corrected chi connectivity index (χ1v) is 13.7. The summed E-state index contributed by atoms with van der Waals surface area (Å²) < 4.78 is 0. The molecule has 1 fully saturated rings. The normalized spacial score (nSPS) is 25.4. The number of hydrogen-bond acceptors (Lipinski definition) is 6. The molecule has 3 aromatic rings. The first kappa shape index (κ1) is 25.1. The van der Waals surface area contributed by atoms with Gasteiger partial charge in [0.15, 0.2) is 0 Å². The minimum atomic E-state index is -0.752. The number of nitrogens with one attached hydrogen (secondary N) is 1. The number of nitrogens with zero attached hydrogens (tertiary/aromatic N) is 3. The highest BCUT2D eigenvalue weighted by Crippen LogP contribution is 2.52. The van der Waals surface area contributed by atoms with E-state index in [0.29, 0.717) is 18.4 Å². The number of anilines is 1. The van der Waals surface area contributed by atoms with Crippen molar-refractivity contribution in [3.63, 3.8) is 0 Å². The van der Waals surface area contributed by atoms with Gasteiger partial charge in [-0.2, -0.15) is 0 Å². The number of hydrogen-bond donors (Lipinski definition) is 2. The molecular formula is C28H32ClN5OS. The number of benzene rings is 2. The Kier molecular flexibility index (Phi) is 7.24. The molecule has 2 heterocycles. The van der Waals surface area contributed by atoms with Crippen molar-refractivity contribution in [3.8, 4) is 11.3 Å². The lowest BCUT2D eigenvalue weighted by Gasteiger charge is -2.39. The second kappa shape index (κ2) is 10.4. The molecule has 1 aliphatic heterocycles. The fourth-order valence-corrected chi connectivity index (χ4v) is 7.24. The van der Waals surface area contributed by atoms with Crippen LogP contribution < -0.4 is 11.1 Å². The minimum absolute atomic E-state index is 0.107. The summed E-state index contributed by atoms with van der Waals surface area (Å²) in [5.41, 5.74) is 9.61. The molecule has 2 atom stereocenters. The molecule has 2 unspecified atom stereocenters. The van der Waals surface area contributed by atoms with Gasteiger partial charge in [-0.05, 0) is 62.9 Å². The van der Waals surface area contributed by atoms with E-state index < -0.39 is 4.87 Å². The van der Waals surface area contributed by atoms with Gasteiger partial charge in [0.05, 0.1) is 23.0 Å². The SMILES string of the molecule is CNC1CCC(N(Cc2cccc(-c3cncc(N)n3)c2)C(=O)C2Sc3ccccc3C2(C)Cl)CC1. The van der Waals surface area contributed by atoms with Gasteiger partial charge >= 0.3 is 0 Å². The van der Waals surface area contributed by atoms with Gasteiger partial charge in [0.25, 0.3) is 0 Å². The Morgan fingerprint density at radius 2 is 1.94 bits per heavy atom. The first-order valence-electron chi connectivity index (χ1n) is 12.5. The van der Waals surface area contributed by atoms with Crippen molar-refractivity contribution in [1.82, 2.24) is 20.2 Å². The molecule has 1 aliphatic carbocycles. The molecule has 3 N–H and O–H groups in total. The van der Waals surface area contributed by atoms with Gasteiger partial charge in [-0.3, -0.25) is 9.78 Å².